The van der Waals surface area contributed by atoms with Gasteiger partial charge in [0.2, 0.25) is 0 Å². The Bertz CT molecular complexity index is 997. The van der Waals surface area contributed by atoms with Crippen molar-refractivity contribution in [2.24, 2.45) is 0 Å². The van der Waals surface area contributed by atoms with E-state index in [0.29, 0.717) is 18.7 Å². The number of benzene rings is 2. The molecule has 0 spiro atoms. The standard InChI is InChI=1S/C25H27BrN4O/c26-23-7-8-24-22(17-23)19-30(25(31)21-9-12-27-13-10-21)16-15-29(14-4-11-28-24)18-20-5-2-1-3-6-20/h1-3,5-10,12-13,17,28H,4,11,14-16,18-19H2. The normalized spacial score (nSPS) is 15.5. The molecular weight excluding hydrogens is 452 g/mol. The van der Waals surface area contributed by atoms with E-state index in [1.165, 1.54) is 5.56 Å². The number of carbonyl (C=O) groups is 1. The highest BCUT2D eigenvalue weighted by molar-refractivity contribution is 9.10. The Kier molecular flexibility index (Phi) is 7.33. The van der Waals surface area contributed by atoms with Gasteiger partial charge < -0.3 is 10.2 Å². The summed E-state index contributed by atoms with van der Waals surface area (Å²) in [7, 11) is 0. The highest BCUT2D eigenvalue weighted by atomic mass is 79.9. The Morgan fingerprint density at radius 1 is 1.00 bits per heavy atom. The van der Waals surface area contributed by atoms with Crippen LogP contribution >= 0.6 is 15.9 Å². The van der Waals surface area contributed by atoms with Crippen LogP contribution in [0.1, 0.15) is 27.9 Å². The van der Waals surface area contributed by atoms with Crippen LogP contribution in [0.25, 0.3) is 0 Å². The third-order valence-electron chi connectivity index (χ3n) is 5.54. The number of fused-ring (bicyclic) bond motifs is 1. The number of amides is 1. The number of carbonyl (C=O) groups excluding carboxylic acids is 1. The predicted molar refractivity (Wildman–Crippen MR) is 128 cm³/mol. The topological polar surface area (TPSA) is 48.5 Å². The van der Waals surface area contributed by atoms with E-state index in [2.05, 4.69) is 67.5 Å². The summed E-state index contributed by atoms with van der Waals surface area (Å²) < 4.78 is 1.02. The third kappa shape index (κ3) is 5.93. The molecule has 1 amide bonds. The van der Waals surface area contributed by atoms with Gasteiger partial charge >= 0.3 is 0 Å². The number of anilines is 1. The van der Waals surface area contributed by atoms with Crippen molar-refractivity contribution in [3.8, 4) is 0 Å². The molecule has 0 radical (unpaired) electrons. The van der Waals surface area contributed by atoms with E-state index in [1.54, 1.807) is 24.5 Å². The van der Waals surface area contributed by atoms with Crippen molar-refractivity contribution in [1.82, 2.24) is 14.8 Å². The van der Waals surface area contributed by atoms with Crippen LogP contribution in [0.2, 0.25) is 0 Å². The molecule has 5 nitrogen and oxygen atoms in total. The van der Waals surface area contributed by atoms with Crippen molar-refractivity contribution >= 4 is 27.5 Å². The Hall–Kier alpha value is -2.70. The first kappa shape index (κ1) is 21.5. The van der Waals surface area contributed by atoms with E-state index < -0.39 is 0 Å². The number of halogens is 1. The van der Waals surface area contributed by atoms with E-state index in [-0.39, 0.29) is 5.91 Å². The zero-order chi connectivity index (χ0) is 21.5. The maximum atomic E-state index is 13.4. The van der Waals surface area contributed by atoms with Crippen LogP contribution in [-0.2, 0) is 13.1 Å². The van der Waals surface area contributed by atoms with Gasteiger partial charge in [-0.15, -0.1) is 0 Å². The second kappa shape index (κ2) is 10.6. The highest BCUT2D eigenvalue weighted by Crippen LogP contribution is 2.24. The van der Waals surface area contributed by atoms with Gasteiger partial charge in [-0.05, 0) is 47.9 Å². The number of hydrogen-bond donors (Lipinski definition) is 1. The molecule has 0 atom stereocenters. The fourth-order valence-corrected chi connectivity index (χ4v) is 4.31. The second-order valence-corrected chi connectivity index (χ2v) is 8.72. The molecule has 31 heavy (non-hydrogen) atoms. The minimum atomic E-state index is 0.0345. The highest BCUT2D eigenvalue weighted by Gasteiger charge is 2.20. The lowest BCUT2D eigenvalue weighted by Gasteiger charge is -2.28. The summed E-state index contributed by atoms with van der Waals surface area (Å²) in [6.45, 7) is 4.82. The average molecular weight is 479 g/mol. The molecule has 0 bridgehead atoms. The number of nitrogens with one attached hydrogen (secondary N) is 1. The van der Waals surface area contributed by atoms with E-state index >= 15 is 0 Å². The quantitative estimate of drug-likeness (QED) is 0.586. The average Bonchev–Trinajstić information content (AvgIpc) is 2.84. The molecule has 3 aromatic rings. The fraction of sp³-hybridized carbons (Fsp3) is 0.280. The second-order valence-electron chi connectivity index (χ2n) is 7.81. The molecule has 0 fully saturated rings. The van der Waals surface area contributed by atoms with E-state index in [0.717, 1.165) is 48.3 Å². The van der Waals surface area contributed by atoms with Crippen molar-refractivity contribution in [1.29, 1.82) is 0 Å². The van der Waals surface area contributed by atoms with Gasteiger partial charge in [-0.25, -0.2) is 0 Å². The minimum Gasteiger partial charge on any atom is -0.385 e. The van der Waals surface area contributed by atoms with Crippen LogP contribution in [0.15, 0.2) is 77.5 Å². The minimum absolute atomic E-state index is 0.0345. The number of pyridine rings is 1. The molecule has 0 unspecified atom stereocenters. The van der Waals surface area contributed by atoms with E-state index in [1.807, 2.05) is 17.0 Å². The van der Waals surface area contributed by atoms with Crippen LogP contribution < -0.4 is 5.32 Å². The number of nitrogens with zero attached hydrogens (tertiary/aromatic N) is 3. The first-order valence-corrected chi connectivity index (χ1v) is 11.5. The summed E-state index contributed by atoms with van der Waals surface area (Å²) in [6, 6.07) is 20.3. The molecule has 2 heterocycles. The van der Waals surface area contributed by atoms with Crippen LogP contribution in [-0.4, -0.2) is 46.9 Å². The Labute approximate surface area is 192 Å². The van der Waals surface area contributed by atoms with Gasteiger partial charge in [0.15, 0.2) is 0 Å². The summed E-state index contributed by atoms with van der Waals surface area (Å²) >= 11 is 3.59. The maximum absolute atomic E-state index is 13.4. The van der Waals surface area contributed by atoms with Gasteiger partial charge in [0.1, 0.15) is 0 Å². The molecule has 160 valence electrons. The van der Waals surface area contributed by atoms with Crippen molar-refractivity contribution in [2.75, 3.05) is 31.5 Å². The lowest BCUT2D eigenvalue weighted by molar-refractivity contribution is 0.0720. The van der Waals surface area contributed by atoms with Crippen LogP contribution in [0.3, 0.4) is 0 Å². The molecule has 0 saturated carbocycles. The van der Waals surface area contributed by atoms with Crippen LogP contribution in [0.5, 0.6) is 0 Å². The zero-order valence-electron chi connectivity index (χ0n) is 17.5. The summed E-state index contributed by atoms with van der Waals surface area (Å²) in [5.41, 5.74) is 4.18. The molecular formula is C25H27BrN4O. The van der Waals surface area contributed by atoms with Gasteiger partial charge in [-0.1, -0.05) is 46.3 Å². The molecule has 0 saturated heterocycles. The Morgan fingerprint density at radius 3 is 2.61 bits per heavy atom. The Morgan fingerprint density at radius 2 is 1.81 bits per heavy atom. The largest absolute Gasteiger partial charge is 0.385 e. The monoisotopic (exact) mass is 478 g/mol. The first-order chi connectivity index (χ1) is 15.2. The lowest BCUT2D eigenvalue weighted by Crippen LogP contribution is -2.38. The smallest absolute Gasteiger partial charge is 0.254 e. The number of hydrogen-bond acceptors (Lipinski definition) is 4. The molecule has 6 heteroatoms. The summed E-state index contributed by atoms with van der Waals surface area (Å²) in [5.74, 6) is 0.0345. The predicted octanol–water partition coefficient (Wildman–Crippen LogP) is 4.80. The summed E-state index contributed by atoms with van der Waals surface area (Å²) in [4.78, 5) is 21.8. The van der Waals surface area contributed by atoms with Gasteiger partial charge in [0, 0.05) is 67.4 Å². The molecule has 1 N–H and O–H groups in total. The van der Waals surface area contributed by atoms with Crippen LogP contribution in [0.4, 0.5) is 5.69 Å². The van der Waals surface area contributed by atoms with Gasteiger partial charge in [-0.3, -0.25) is 14.7 Å². The zero-order valence-corrected chi connectivity index (χ0v) is 19.1. The van der Waals surface area contributed by atoms with Crippen molar-refractivity contribution in [3.63, 3.8) is 0 Å². The van der Waals surface area contributed by atoms with Gasteiger partial charge in [-0.2, -0.15) is 0 Å². The molecule has 4 rings (SSSR count). The van der Waals surface area contributed by atoms with Crippen molar-refractivity contribution in [3.05, 3.63) is 94.2 Å². The van der Waals surface area contributed by atoms with Crippen molar-refractivity contribution in [2.45, 2.75) is 19.5 Å². The molecule has 1 aliphatic rings. The Balaban J connectivity index is 1.59. The molecule has 0 aliphatic carbocycles. The fourth-order valence-electron chi connectivity index (χ4n) is 3.90. The lowest BCUT2D eigenvalue weighted by atomic mass is 10.1. The third-order valence-corrected chi connectivity index (χ3v) is 6.04. The van der Waals surface area contributed by atoms with Crippen LogP contribution in [0, 0.1) is 0 Å². The van der Waals surface area contributed by atoms with Gasteiger partial charge in [0.05, 0.1) is 0 Å². The summed E-state index contributed by atoms with van der Waals surface area (Å²) in [6.07, 6.45) is 4.39. The van der Waals surface area contributed by atoms with E-state index in [4.69, 9.17) is 0 Å². The molecule has 2 aromatic carbocycles. The van der Waals surface area contributed by atoms with Crippen molar-refractivity contribution < 1.29 is 4.79 Å². The number of aromatic nitrogens is 1. The summed E-state index contributed by atoms with van der Waals surface area (Å²) in [5, 5.41) is 3.58. The molecule has 1 aromatic heterocycles. The SMILES string of the molecule is O=C(c1ccncc1)N1CCN(Cc2ccccc2)CCCNc2ccc(Br)cc2C1. The number of rotatable bonds is 3. The van der Waals surface area contributed by atoms with Gasteiger partial charge in [0.25, 0.3) is 5.91 Å². The maximum Gasteiger partial charge on any atom is 0.254 e. The van der Waals surface area contributed by atoms with E-state index in [9.17, 15) is 4.79 Å². The first-order valence-electron chi connectivity index (χ1n) is 10.7. The molecule has 1 aliphatic heterocycles.